The summed E-state index contributed by atoms with van der Waals surface area (Å²) in [5.41, 5.74) is 10.5. The van der Waals surface area contributed by atoms with Crippen LogP contribution in [0, 0.1) is 34.0 Å². The van der Waals surface area contributed by atoms with Crippen molar-refractivity contribution in [2.45, 2.75) is 160 Å². The highest BCUT2D eigenvalue weighted by atomic mass is 16.7. The number of rotatable bonds is 32. The maximum atomic E-state index is 13.4. The van der Waals surface area contributed by atoms with Crippen molar-refractivity contribution in [2.24, 2.45) is 39.7 Å². The van der Waals surface area contributed by atoms with Crippen LogP contribution in [0.2, 0.25) is 0 Å². The Kier molecular flexibility index (Phi) is 38.6. The number of hydroxylamine groups is 6. The number of amides is 8. The molecular formula is C81H113N9O13. The zero-order chi connectivity index (χ0) is 76.7. The zero-order valence-corrected chi connectivity index (χ0v) is 63.0. The van der Waals surface area contributed by atoms with E-state index in [1.807, 2.05) is 244 Å². The molecule has 6 aromatic rings. The molecule has 6 rings (SSSR count). The maximum absolute atomic E-state index is 13.4. The number of carbonyl (C=O) groups excluding carboxylic acids is 8. The van der Waals surface area contributed by atoms with Crippen LogP contribution < -0.4 is 32.3 Å². The Hall–Kier alpha value is -9.61. The van der Waals surface area contributed by atoms with Gasteiger partial charge in [0, 0.05) is 41.9 Å². The topological polar surface area (TPSA) is 297 Å². The van der Waals surface area contributed by atoms with Crippen molar-refractivity contribution in [1.82, 2.24) is 41.8 Å². The van der Waals surface area contributed by atoms with Gasteiger partial charge in [-0.1, -0.05) is 244 Å². The van der Waals surface area contributed by atoms with Crippen molar-refractivity contribution in [3.63, 3.8) is 0 Å². The summed E-state index contributed by atoms with van der Waals surface area (Å²) in [4.78, 5) is 128. The van der Waals surface area contributed by atoms with E-state index in [0.717, 1.165) is 38.4 Å². The number of carboxylic acids is 1. The van der Waals surface area contributed by atoms with Gasteiger partial charge in [0.1, 0.15) is 31.9 Å². The molecule has 0 aromatic heterocycles. The fourth-order valence-electron chi connectivity index (χ4n) is 10.2. The molecule has 0 aliphatic carbocycles. The van der Waals surface area contributed by atoms with Gasteiger partial charge in [0.15, 0.2) is 0 Å². The van der Waals surface area contributed by atoms with Gasteiger partial charge < -0.3 is 37.4 Å². The van der Waals surface area contributed by atoms with E-state index in [0.29, 0.717) is 38.5 Å². The third-order valence-electron chi connectivity index (χ3n) is 16.6. The number of nitrogens with one attached hydrogen (secondary N) is 5. The highest BCUT2D eigenvalue weighted by Gasteiger charge is 2.37. The molecular weight excluding hydrogens is 1310 g/mol. The number of carbonyl (C=O) groups is 9. The van der Waals surface area contributed by atoms with E-state index in [-0.39, 0.29) is 92.1 Å². The van der Waals surface area contributed by atoms with E-state index < -0.39 is 52.7 Å². The molecule has 0 bridgehead atoms. The minimum absolute atomic E-state index is 0.0321. The number of aryl methyl sites for hydroxylation is 3. The summed E-state index contributed by atoms with van der Waals surface area (Å²) in [5.74, 6) is -4.79. The van der Waals surface area contributed by atoms with Crippen LogP contribution in [0.3, 0.4) is 0 Å². The molecule has 103 heavy (non-hydrogen) atoms. The van der Waals surface area contributed by atoms with Crippen molar-refractivity contribution in [1.29, 1.82) is 0 Å². The normalized spacial score (nSPS) is 12.8. The van der Waals surface area contributed by atoms with Gasteiger partial charge in [-0.15, -0.1) is 0 Å². The average molecular weight is 1420 g/mol. The van der Waals surface area contributed by atoms with Crippen molar-refractivity contribution < 1.29 is 62.8 Å². The van der Waals surface area contributed by atoms with Gasteiger partial charge in [-0.2, -0.15) is 0 Å². The number of nitrogens with zero attached hydrogens (tertiary/aromatic N) is 3. The predicted molar refractivity (Wildman–Crippen MR) is 401 cm³/mol. The first kappa shape index (κ1) is 87.6. The number of hydrogen-bond donors (Lipinski definition) is 7. The molecule has 8 amide bonds. The van der Waals surface area contributed by atoms with Gasteiger partial charge in [-0.05, 0) is 88.2 Å². The van der Waals surface area contributed by atoms with Crippen LogP contribution in [0.25, 0.3) is 0 Å². The molecule has 560 valence electrons. The van der Waals surface area contributed by atoms with Crippen LogP contribution >= 0.6 is 0 Å². The molecule has 8 N–H and O–H groups in total. The number of nitrogens with two attached hydrogens (primary N) is 1. The lowest BCUT2D eigenvalue weighted by Gasteiger charge is -2.32. The minimum atomic E-state index is -0.925. The highest BCUT2D eigenvalue weighted by molar-refractivity contribution is 5.90. The Morgan fingerprint density at radius 1 is 0.359 bits per heavy atom. The minimum Gasteiger partial charge on any atom is -0.481 e. The second-order valence-electron chi connectivity index (χ2n) is 28.3. The van der Waals surface area contributed by atoms with Gasteiger partial charge >= 0.3 is 5.97 Å². The Balaban J connectivity index is 0.000000379. The number of aliphatic carboxylic acids is 1. The van der Waals surface area contributed by atoms with E-state index in [1.165, 1.54) is 30.9 Å². The Bertz CT molecular complexity index is 3280. The summed E-state index contributed by atoms with van der Waals surface area (Å²) in [6.07, 6.45) is 3.39. The fourth-order valence-corrected chi connectivity index (χ4v) is 10.2. The molecule has 22 nitrogen and oxygen atoms in total. The second kappa shape index (κ2) is 45.4. The summed E-state index contributed by atoms with van der Waals surface area (Å²) in [6.45, 7) is 22.3. The molecule has 0 radical (unpaired) electrons. The number of hydrogen-bond acceptors (Lipinski definition) is 13. The maximum Gasteiger partial charge on any atom is 0.308 e. The molecule has 0 spiro atoms. The first-order valence-electron chi connectivity index (χ1n) is 34.9. The third-order valence-corrected chi connectivity index (χ3v) is 16.6. The molecule has 0 saturated heterocycles. The first-order chi connectivity index (χ1) is 48.7. The molecule has 0 saturated carbocycles. The van der Waals surface area contributed by atoms with Crippen LogP contribution in [0.1, 0.15) is 136 Å². The Labute approximate surface area is 610 Å². The van der Waals surface area contributed by atoms with E-state index >= 15 is 0 Å². The zero-order valence-electron chi connectivity index (χ0n) is 63.0. The largest absolute Gasteiger partial charge is 0.481 e. The smallest absolute Gasteiger partial charge is 0.308 e. The van der Waals surface area contributed by atoms with Crippen LogP contribution in [-0.2, 0) is 96.7 Å². The second-order valence-corrected chi connectivity index (χ2v) is 28.3. The Morgan fingerprint density at radius 2 is 0.592 bits per heavy atom. The lowest BCUT2D eigenvalue weighted by Crippen LogP contribution is -2.55. The van der Waals surface area contributed by atoms with Crippen LogP contribution in [-0.4, -0.2) is 132 Å². The summed E-state index contributed by atoms with van der Waals surface area (Å²) >= 11 is 0. The van der Waals surface area contributed by atoms with Gasteiger partial charge in [-0.25, -0.2) is 15.2 Å². The molecule has 0 aliphatic heterocycles. The predicted octanol–water partition coefficient (Wildman–Crippen LogP) is 10.4. The monoisotopic (exact) mass is 1420 g/mol. The standard InChI is InChI=1S/2C27H37N3O4.C20H23NO4.C7H16N2O/c2*1-20(31)30(34-19-22-14-10-7-11-15-22)18-23(17-16-21-12-8-6-9-13-21)25(32)29-24(26(33)28-5)27(2,3)4;1-16(22)21(25-15-18-10-6-3-7-11-18)14-19(20(23)24)13-12-17-8-4-2-5-9-17;1-7(2,3)5(8)6(10)9-4/h2*6-15,23-24H,16-19H2,1-5H3,(H,28,33)(H,29,32);2-11,19H,12-15H2,1H3,(H,23,24);5H,8H2,1-4H3,(H,9,10)/t23-,24+;23-,24-;;5-/m01.1/s1. The summed E-state index contributed by atoms with van der Waals surface area (Å²) < 4.78 is 0. The van der Waals surface area contributed by atoms with Crippen molar-refractivity contribution in [3.8, 4) is 0 Å². The summed E-state index contributed by atoms with van der Waals surface area (Å²) in [7, 11) is 4.69. The van der Waals surface area contributed by atoms with Gasteiger partial charge in [-0.3, -0.25) is 57.7 Å². The van der Waals surface area contributed by atoms with Crippen LogP contribution in [0.15, 0.2) is 182 Å². The van der Waals surface area contributed by atoms with E-state index in [9.17, 15) is 48.3 Å². The van der Waals surface area contributed by atoms with Crippen molar-refractivity contribution in [2.75, 3.05) is 40.8 Å². The molecule has 6 atom stereocenters. The average Bonchev–Trinajstić information content (AvgIpc) is 0.848. The van der Waals surface area contributed by atoms with Crippen LogP contribution in [0.4, 0.5) is 0 Å². The van der Waals surface area contributed by atoms with Crippen molar-refractivity contribution >= 4 is 53.2 Å². The molecule has 6 aromatic carbocycles. The lowest BCUT2D eigenvalue weighted by atomic mass is 9.85. The molecule has 0 fully saturated rings. The van der Waals surface area contributed by atoms with Crippen molar-refractivity contribution in [3.05, 3.63) is 215 Å². The molecule has 0 heterocycles. The van der Waals surface area contributed by atoms with E-state index in [2.05, 4.69) is 26.6 Å². The highest BCUT2D eigenvalue weighted by Crippen LogP contribution is 2.25. The summed E-state index contributed by atoms with van der Waals surface area (Å²) in [5, 5.41) is 26.7. The number of benzene rings is 6. The Morgan fingerprint density at radius 3 is 0.796 bits per heavy atom. The number of carboxylic acid groups (broad SMARTS) is 1. The molecule has 1 unspecified atom stereocenters. The van der Waals surface area contributed by atoms with Gasteiger partial charge in [0.05, 0.1) is 43.4 Å². The van der Waals surface area contributed by atoms with Gasteiger partial charge in [0.25, 0.3) is 0 Å². The van der Waals surface area contributed by atoms with Crippen LogP contribution in [0.5, 0.6) is 0 Å². The lowest BCUT2D eigenvalue weighted by molar-refractivity contribution is -0.195. The fraction of sp³-hybridized carbons (Fsp3) is 0.444. The molecule has 22 heteroatoms. The summed E-state index contributed by atoms with van der Waals surface area (Å²) in [6, 6.07) is 56.1. The van der Waals surface area contributed by atoms with E-state index in [4.69, 9.17) is 20.2 Å². The third kappa shape index (κ3) is 34.3. The van der Waals surface area contributed by atoms with E-state index in [1.54, 1.807) is 21.1 Å². The SMILES string of the molecule is CC(=O)N(CC(CCc1ccccc1)C(=O)O)OCc1ccccc1.CNC(=O)[C@@H](N)C(C)(C)C.CNC(=O)[C@@H](NC(=O)[C@@H](CCc1ccccc1)CN(OCc1ccccc1)C(C)=O)C(C)(C)C.CNC(=O)[C@@H](NC(=O)[C@H](CCc1ccccc1)CN(OCc1ccccc1)C(C)=O)C(C)(C)C. The first-order valence-corrected chi connectivity index (χ1v) is 34.9. The van der Waals surface area contributed by atoms with Gasteiger partial charge in [0.2, 0.25) is 47.3 Å². The number of likely N-dealkylation sites (N-methyl/N-ethyl adjacent to an activating group) is 3. The quantitative estimate of drug-likeness (QED) is 0.0193. The molecule has 0 aliphatic rings.